The molecule has 1 aromatic carbocycles. The minimum absolute atomic E-state index is 0.133. The number of hydrogen-bond acceptors (Lipinski definition) is 7. The molecule has 1 N–H and O–H groups in total. The van der Waals surface area contributed by atoms with Gasteiger partial charge in [0.05, 0.1) is 18.1 Å². The second-order valence-corrected chi connectivity index (χ2v) is 7.84. The van der Waals surface area contributed by atoms with Crippen LogP contribution in [0.4, 0.5) is 0 Å². The van der Waals surface area contributed by atoms with Gasteiger partial charge in [0.1, 0.15) is 0 Å². The van der Waals surface area contributed by atoms with Gasteiger partial charge in [-0.05, 0) is 18.2 Å². The smallest absolute Gasteiger partial charge is 0.240 e. The predicted octanol–water partition coefficient (Wildman–Crippen LogP) is 1.48. The second kappa shape index (κ2) is 7.95. The first-order valence-electron chi connectivity index (χ1n) is 8.81. The molecule has 0 bridgehead atoms. The summed E-state index contributed by atoms with van der Waals surface area (Å²) in [5.74, 6) is 2.06. The van der Waals surface area contributed by atoms with Gasteiger partial charge in [-0.2, -0.15) is 0 Å². The quantitative estimate of drug-likeness (QED) is 0.666. The fraction of sp³-hybridized carbons (Fsp3) is 0.278. The van der Waals surface area contributed by atoms with Crippen molar-refractivity contribution in [3.63, 3.8) is 0 Å². The van der Waals surface area contributed by atoms with E-state index in [2.05, 4.69) is 19.7 Å². The first kappa shape index (κ1) is 18.4. The largest absolute Gasteiger partial charge is 0.490 e. The normalized spacial score (nSPS) is 13.9. The summed E-state index contributed by atoms with van der Waals surface area (Å²) >= 11 is 0. The Morgan fingerprint density at radius 3 is 2.64 bits per heavy atom. The van der Waals surface area contributed by atoms with Gasteiger partial charge in [0, 0.05) is 50.4 Å². The number of rotatable bonds is 6. The molecule has 3 heterocycles. The number of imidazole rings is 1. The van der Waals surface area contributed by atoms with Crippen LogP contribution in [0.15, 0.2) is 53.9 Å². The molecular weight excluding hydrogens is 382 g/mol. The maximum absolute atomic E-state index is 12.6. The highest BCUT2D eigenvalue weighted by molar-refractivity contribution is 7.89. The molecule has 10 heteroatoms. The Hall–Kier alpha value is -2.98. The van der Waals surface area contributed by atoms with Crippen molar-refractivity contribution in [3.05, 3.63) is 49.1 Å². The predicted molar refractivity (Wildman–Crippen MR) is 100 cm³/mol. The Labute approximate surface area is 162 Å². The minimum Gasteiger partial charge on any atom is -0.490 e. The van der Waals surface area contributed by atoms with Crippen LogP contribution in [0.2, 0.25) is 0 Å². The fourth-order valence-electron chi connectivity index (χ4n) is 2.80. The standard InChI is InChI=1S/C18H19N5O4S/c24-28(25,14-3-4-15-16(13-14)27-12-2-11-26-15)22-8-10-23-9-7-21-18(23)17-19-5-1-6-20-17/h1,3-7,9,13,22H,2,8,10-12H2. The molecule has 2 aromatic heterocycles. The van der Waals surface area contributed by atoms with Gasteiger partial charge in [-0.3, -0.25) is 0 Å². The summed E-state index contributed by atoms with van der Waals surface area (Å²) in [7, 11) is -3.69. The van der Waals surface area contributed by atoms with Crippen molar-refractivity contribution in [2.24, 2.45) is 0 Å². The molecule has 0 saturated heterocycles. The van der Waals surface area contributed by atoms with Crippen LogP contribution >= 0.6 is 0 Å². The average molecular weight is 401 g/mol. The van der Waals surface area contributed by atoms with Crippen LogP contribution in [0, 0.1) is 0 Å². The molecular formula is C18H19N5O4S. The zero-order chi connectivity index (χ0) is 19.4. The minimum atomic E-state index is -3.69. The molecule has 1 aliphatic rings. The van der Waals surface area contributed by atoms with Gasteiger partial charge in [0.25, 0.3) is 0 Å². The van der Waals surface area contributed by atoms with E-state index in [0.717, 1.165) is 6.42 Å². The zero-order valence-corrected chi connectivity index (χ0v) is 15.8. The molecule has 0 fully saturated rings. The van der Waals surface area contributed by atoms with E-state index in [1.807, 2.05) is 0 Å². The molecule has 0 spiro atoms. The average Bonchev–Trinajstić information content (AvgIpc) is 3.04. The summed E-state index contributed by atoms with van der Waals surface area (Å²) in [5.41, 5.74) is 0. The summed E-state index contributed by atoms with van der Waals surface area (Å²) in [6, 6.07) is 6.34. The third-order valence-corrected chi connectivity index (χ3v) is 5.61. The molecule has 9 nitrogen and oxygen atoms in total. The number of aromatic nitrogens is 4. The van der Waals surface area contributed by atoms with Crippen LogP contribution in [-0.2, 0) is 16.6 Å². The Morgan fingerprint density at radius 2 is 1.82 bits per heavy atom. The van der Waals surface area contributed by atoms with Crippen molar-refractivity contribution < 1.29 is 17.9 Å². The molecule has 28 heavy (non-hydrogen) atoms. The first-order chi connectivity index (χ1) is 13.6. The molecule has 0 aliphatic carbocycles. The highest BCUT2D eigenvalue weighted by Crippen LogP contribution is 2.31. The van der Waals surface area contributed by atoms with Crippen LogP contribution in [0.5, 0.6) is 11.5 Å². The maximum atomic E-state index is 12.6. The van der Waals surface area contributed by atoms with E-state index in [0.29, 0.717) is 42.9 Å². The van der Waals surface area contributed by atoms with Crippen LogP contribution in [0.25, 0.3) is 11.6 Å². The lowest BCUT2D eigenvalue weighted by Gasteiger charge is -2.11. The van der Waals surface area contributed by atoms with Crippen LogP contribution in [0.3, 0.4) is 0 Å². The van der Waals surface area contributed by atoms with E-state index in [1.54, 1.807) is 41.5 Å². The maximum Gasteiger partial charge on any atom is 0.240 e. The van der Waals surface area contributed by atoms with E-state index in [9.17, 15) is 8.42 Å². The van der Waals surface area contributed by atoms with Gasteiger partial charge >= 0.3 is 0 Å². The Balaban J connectivity index is 1.44. The van der Waals surface area contributed by atoms with Crippen molar-refractivity contribution in [2.45, 2.75) is 17.9 Å². The van der Waals surface area contributed by atoms with Crippen molar-refractivity contribution >= 4 is 10.0 Å². The van der Waals surface area contributed by atoms with Gasteiger partial charge < -0.3 is 14.0 Å². The van der Waals surface area contributed by atoms with Crippen molar-refractivity contribution in [2.75, 3.05) is 19.8 Å². The molecule has 0 unspecified atom stereocenters. The molecule has 1 aliphatic heterocycles. The highest BCUT2D eigenvalue weighted by atomic mass is 32.2. The van der Waals surface area contributed by atoms with E-state index in [4.69, 9.17) is 9.47 Å². The third-order valence-electron chi connectivity index (χ3n) is 4.16. The van der Waals surface area contributed by atoms with Gasteiger partial charge in [0.15, 0.2) is 23.1 Å². The Bertz CT molecular complexity index is 1050. The summed E-state index contributed by atoms with van der Waals surface area (Å²) < 4.78 is 40.8. The van der Waals surface area contributed by atoms with Crippen LogP contribution in [-0.4, -0.2) is 47.7 Å². The number of ether oxygens (including phenoxy) is 2. The zero-order valence-electron chi connectivity index (χ0n) is 15.0. The van der Waals surface area contributed by atoms with Gasteiger partial charge in [0.2, 0.25) is 10.0 Å². The molecule has 4 rings (SSSR count). The number of hydrogen-bond donors (Lipinski definition) is 1. The molecule has 0 atom stereocenters. The Morgan fingerprint density at radius 1 is 1.04 bits per heavy atom. The highest BCUT2D eigenvalue weighted by Gasteiger charge is 2.19. The monoisotopic (exact) mass is 401 g/mol. The Kier molecular flexibility index (Phi) is 5.22. The van der Waals surface area contributed by atoms with Crippen LogP contribution in [0.1, 0.15) is 6.42 Å². The fourth-order valence-corrected chi connectivity index (χ4v) is 3.84. The lowest BCUT2D eigenvalue weighted by atomic mass is 10.3. The van der Waals surface area contributed by atoms with E-state index in [1.165, 1.54) is 12.1 Å². The SMILES string of the molecule is O=S(=O)(NCCn1ccnc1-c1ncccn1)c1ccc2c(c1)OCCCO2. The van der Waals surface area contributed by atoms with E-state index < -0.39 is 10.0 Å². The number of benzene rings is 1. The topological polar surface area (TPSA) is 108 Å². The lowest BCUT2D eigenvalue weighted by Crippen LogP contribution is -2.27. The van der Waals surface area contributed by atoms with Crippen molar-refractivity contribution in [1.82, 2.24) is 24.2 Å². The van der Waals surface area contributed by atoms with E-state index >= 15 is 0 Å². The van der Waals surface area contributed by atoms with Gasteiger partial charge in [-0.15, -0.1) is 0 Å². The molecule has 3 aromatic rings. The number of nitrogens with zero attached hydrogens (tertiary/aromatic N) is 4. The molecule has 146 valence electrons. The molecule has 0 radical (unpaired) electrons. The van der Waals surface area contributed by atoms with E-state index in [-0.39, 0.29) is 11.4 Å². The summed E-state index contributed by atoms with van der Waals surface area (Å²) in [4.78, 5) is 12.7. The van der Waals surface area contributed by atoms with Crippen molar-refractivity contribution in [3.8, 4) is 23.1 Å². The van der Waals surface area contributed by atoms with Crippen LogP contribution < -0.4 is 14.2 Å². The molecule has 0 saturated carbocycles. The number of nitrogens with one attached hydrogen (secondary N) is 1. The lowest BCUT2D eigenvalue weighted by molar-refractivity contribution is 0.297. The summed E-state index contributed by atoms with van der Waals surface area (Å²) in [6.07, 6.45) is 7.41. The second-order valence-electron chi connectivity index (χ2n) is 6.07. The van der Waals surface area contributed by atoms with Gasteiger partial charge in [-0.1, -0.05) is 0 Å². The third kappa shape index (κ3) is 3.97. The summed E-state index contributed by atoms with van der Waals surface area (Å²) in [6.45, 7) is 1.62. The molecule has 0 amide bonds. The summed E-state index contributed by atoms with van der Waals surface area (Å²) in [5, 5.41) is 0. The number of sulfonamides is 1. The van der Waals surface area contributed by atoms with Crippen molar-refractivity contribution in [1.29, 1.82) is 0 Å². The van der Waals surface area contributed by atoms with Gasteiger partial charge in [-0.25, -0.2) is 28.1 Å². The number of fused-ring (bicyclic) bond motifs is 1. The first-order valence-corrected chi connectivity index (χ1v) is 10.3.